The minimum atomic E-state index is -0.731. The topological polar surface area (TPSA) is 96.2 Å². The van der Waals surface area contributed by atoms with E-state index in [0.717, 1.165) is 5.56 Å². The number of benzene rings is 1. The molecule has 0 amide bonds. The third kappa shape index (κ3) is 4.33. The second-order valence-corrected chi connectivity index (χ2v) is 4.69. The predicted molar refractivity (Wildman–Crippen MR) is 85.3 cm³/mol. The molecule has 0 unspecified atom stereocenters. The molecule has 1 aromatic carbocycles. The molecule has 0 radical (unpaired) electrons. The predicted octanol–water partition coefficient (Wildman–Crippen LogP) is 2.91. The molecular weight excluding hydrogens is 308 g/mol. The summed E-state index contributed by atoms with van der Waals surface area (Å²) in [6, 6.07) is 14.1. The average Bonchev–Trinajstić information content (AvgIpc) is 3.08. The molecule has 0 fully saturated rings. The maximum absolute atomic E-state index is 11.8. The van der Waals surface area contributed by atoms with Crippen molar-refractivity contribution in [2.75, 3.05) is 20.3 Å². The summed E-state index contributed by atoms with van der Waals surface area (Å²) in [5, 5.41) is 17.9. The van der Waals surface area contributed by atoms with Gasteiger partial charge in [0.05, 0.1) is 18.2 Å². The Morgan fingerprint density at radius 2 is 1.92 bits per heavy atom. The first-order chi connectivity index (χ1) is 11.7. The Bertz CT molecular complexity index is 820. The Hall–Kier alpha value is -3.35. The van der Waals surface area contributed by atoms with E-state index < -0.39 is 5.97 Å². The van der Waals surface area contributed by atoms with Crippen LogP contribution in [0.15, 0.2) is 46.4 Å². The van der Waals surface area contributed by atoms with Gasteiger partial charge in [-0.25, -0.2) is 4.79 Å². The molecule has 0 saturated carbocycles. The Balaban J connectivity index is 2.15. The van der Waals surface area contributed by atoms with Gasteiger partial charge < -0.3 is 13.9 Å². The molecule has 0 N–H and O–H groups in total. The van der Waals surface area contributed by atoms with Gasteiger partial charge in [0.2, 0.25) is 0 Å². The van der Waals surface area contributed by atoms with E-state index in [1.165, 1.54) is 13.2 Å². The molecule has 2 aromatic rings. The first-order valence-electron chi connectivity index (χ1n) is 7.06. The van der Waals surface area contributed by atoms with Gasteiger partial charge in [0, 0.05) is 18.7 Å². The van der Waals surface area contributed by atoms with Gasteiger partial charge in [-0.3, -0.25) is 0 Å². The zero-order valence-electron chi connectivity index (χ0n) is 13.0. The Kier molecular flexibility index (Phi) is 5.90. The molecule has 0 aliphatic heterocycles. The molecule has 1 aromatic heterocycles. The largest absolute Gasteiger partial charge is 0.459 e. The number of furan rings is 1. The zero-order valence-corrected chi connectivity index (χ0v) is 13.0. The maximum atomic E-state index is 11.8. The highest BCUT2D eigenvalue weighted by Gasteiger charge is 2.12. The van der Waals surface area contributed by atoms with Crippen molar-refractivity contribution < 1.29 is 18.7 Å². The number of hydrogen-bond acceptors (Lipinski definition) is 6. The van der Waals surface area contributed by atoms with Crippen LogP contribution >= 0.6 is 0 Å². The van der Waals surface area contributed by atoms with Gasteiger partial charge in [-0.2, -0.15) is 10.5 Å². The molecule has 0 bridgehead atoms. The van der Waals surface area contributed by atoms with Crippen molar-refractivity contribution in [1.82, 2.24) is 0 Å². The summed E-state index contributed by atoms with van der Waals surface area (Å²) in [7, 11) is 1.49. The van der Waals surface area contributed by atoms with Crippen molar-refractivity contribution in [2.24, 2.45) is 0 Å². The van der Waals surface area contributed by atoms with Crippen molar-refractivity contribution in [1.29, 1.82) is 10.5 Å². The van der Waals surface area contributed by atoms with Crippen molar-refractivity contribution in [3.63, 3.8) is 0 Å². The monoisotopic (exact) mass is 322 g/mol. The second kappa shape index (κ2) is 8.33. The number of esters is 1. The van der Waals surface area contributed by atoms with Gasteiger partial charge in [-0.05, 0) is 36.4 Å². The highest BCUT2D eigenvalue weighted by Crippen LogP contribution is 2.23. The van der Waals surface area contributed by atoms with E-state index in [-0.39, 0.29) is 18.8 Å². The summed E-state index contributed by atoms with van der Waals surface area (Å²) in [5.74, 6) is 0.191. The summed E-state index contributed by atoms with van der Waals surface area (Å²) < 4.78 is 15.3. The van der Waals surface area contributed by atoms with Crippen molar-refractivity contribution in [3.8, 4) is 23.5 Å². The number of nitriles is 2. The molecule has 1 heterocycles. The van der Waals surface area contributed by atoms with Crippen LogP contribution in [0.5, 0.6) is 0 Å². The quantitative estimate of drug-likeness (QED) is 0.351. The van der Waals surface area contributed by atoms with E-state index >= 15 is 0 Å². The van der Waals surface area contributed by atoms with Crippen LogP contribution < -0.4 is 0 Å². The number of carbonyl (C=O) groups is 1. The summed E-state index contributed by atoms with van der Waals surface area (Å²) in [6.07, 6.45) is 1.32. The zero-order chi connectivity index (χ0) is 17.4. The van der Waals surface area contributed by atoms with Crippen molar-refractivity contribution >= 4 is 12.0 Å². The van der Waals surface area contributed by atoms with Crippen molar-refractivity contribution in [2.45, 2.75) is 0 Å². The van der Waals surface area contributed by atoms with E-state index in [9.17, 15) is 4.79 Å². The van der Waals surface area contributed by atoms with E-state index in [0.29, 0.717) is 17.1 Å². The van der Waals surface area contributed by atoms with Gasteiger partial charge in [0.15, 0.2) is 0 Å². The second-order valence-electron chi connectivity index (χ2n) is 4.69. The van der Waals surface area contributed by atoms with Crippen LogP contribution in [0.4, 0.5) is 0 Å². The Labute approximate surface area is 139 Å². The highest BCUT2D eigenvalue weighted by molar-refractivity contribution is 5.97. The standard InChI is InChI=1S/C18H14N2O4/c1-22-8-9-23-18(21)15(12-20)10-16-6-7-17(24-16)14-4-2-13(11-19)3-5-14/h2-7,10H,8-9H2,1H3/b15-10+. The highest BCUT2D eigenvalue weighted by atomic mass is 16.6. The van der Waals surface area contributed by atoms with Crippen LogP contribution in [0.2, 0.25) is 0 Å². The van der Waals surface area contributed by atoms with E-state index in [2.05, 4.69) is 0 Å². The fourth-order valence-electron chi connectivity index (χ4n) is 1.87. The van der Waals surface area contributed by atoms with Gasteiger partial charge in [0.1, 0.15) is 29.8 Å². The fraction of sp³-hybridized carbons (Fsp3) is 0.167. The third-order valence-electron chi connectivity index (χ3n) is 3.07. The van der Waals surface area contributed by atoms with Crippen LogP contribution in [0.1, 0.15) is 11.3 Å². The molecule has 2 rings (SSSR count). The maximum Gasteiger partial charge on any atom is 0.349 e. The third-order valence-corrected chi connectivity index (χ3v) is 3.07. The van der Waals surface area contributed by atoms with E-state index in [1.807, 2.05) is 6.07 Å². The lowest BCUT2D eigenvalue weighted by atomic mass is 10.1. The molecule has 24 heavy (non-hydrogen) atoms. The van der Waals surface area contributed by atoms with Crippen LogP contribution in [0.25, 0.3) is 17.4 Å². The fourth-order valence-corrected chi connectivity index (χ4v) is 1.87. The first kappa shape index (κ1) is 17.0. The SMILES string of the molecule is COCCOC(=O)/C(C#N)=C/c1ccc(-c2ccc(C#N)cc2)o1. The smallest absolute Gasteiger partial charge is 0.349 e. The first-order valence-corrected chi connectivity index (χ1v) is 7.06. The summed E-state index contributed by atoms with van der Waals surface area (Å²) >= 11 is 0. The minimum absolute atomic E-state index is 0.0724. The molecule has 120 valence electrons. The molecule has 0 aliphatic carbocycles. The Morgan fingerprint density at radius 3 is 2.54 bits per heavy atom. The minimum Gasteiger partial charge on any atom is -0.459 e. The van der Waals surface area contributed by atoms with E-state index in [1.54, 1.807) is 42.5 Å². The molecular formula is C18H14N2O4. The molecule has 0 aliphatic rings. The number of methoxy groups -OCH3 is 1. The lowest BCUT2D eigenvalue weighted by Gasteiger charge is -2.02. The number of carbonyl (C=O) groups excluding carboxylic acids is 1. The number of nitrogens with zero attached hydrogens (tertiary/aromatic N) is 2. The van der Waals surface area contributed by atoms with Crippen LogP contribution in [-0.4, -0.2) is 26.3 Å². The van der Waals surface area contributed by atoms with Crippen LogP contribution in [0, 0.1) is 22.7 Å². The number of ether oxygens (including phenoxy) is 2. The van der Waals surface area contributed by atoms with Gasteiger partial charge >= 0.3 is 5.97 Å². The summed E-state index contributed by atoms with van der Waals surface area (Å²) in [4.78, 5) is 11.8. The normalized spacial score (nSPS) is 10.7. The summed E-state index contributed by atoms with van der Waals surface area (Å²) in [5.41, 5.74) is 1.18. The Morgan fingerprint density at radius 1 is 1.17 bits per heavy atom. The molecule has 0 spiro atoms. The van der Waals surface area contributed by atoms with Crippen LogP contribution in [0.3, 0.4) is 0 Å². The van der Waals surface area contributed by atoms with Gasteiger partial charge in [-0.15, -0.1) is 0 Å². The average molecular weight is 322 g/mol. The number of rotatable bonds is 6. The molecule has 6 nitrogen and oxygen atoms in total. The van der Waals surface area contributed by atoms with Gasteiger partial charge in [0.25, 0.3) is 0 Å². The van der Waals surface area contributed by atoms with Gasteiger partial charge in [-0.1, -0.05) is 0 Å². The van der Waals surface area contributed by atoms with Crippen molar-refractivity contribution in [3.05, 3.63) is 53.3 Å². The molecule has 6 heteroatoms. The lowest BCUT2D eigenvalue weighted by Crippen LogP contribution is -2.11. The summed E-state index contributed by atoms with van der Waals surface area (Å²) in [6.45, 7) is 0.330. The molecule has 0 atom stereocenters. The van der Waals surface area contributed by atoms with Crippen LogP contribution in [-0.2, 0) is 14.3 Å². The lowest BCUT2D eigenvalue weighted by molar-refractivity contribution is -0.139. The van der Waals surface area contributed by atoms with E-state index in [4.69, 9.17) is 24.4 Å². The number of hydrogen-bond donors (Lipinski definition) is 0. The molecule has 0 saturated heterocycles.